The highest BCUT2D eigenvalue weighted by Gasteiger charge is 2.08. The van der Waals surface area contributed by atoms with Gasteiger partial charge in [-0.1, -0.05) is 30.3 Å². The molecule has 0 spiro atoms. The molecule has 0 fully saturated rings. The lowest BCUT2D eigenvalue weighted by molar-refractivity contribution is -0.120. The molecular formula is C27H29N3O5. The third-order valence-electron chi connectivity index (χ3n) is 4.90. The molecule has 3 aromatic carbocycles. The largest absolute Gasteiger partial charge is 0.497 e. The predicted molar refractivity (Wildman–Crippen MR) is 134 cm³/mol. The maximum atomic E-state index is 12.1. The first kappa shape index (κ1) is 25.3. The third-order valence-corrected chi connectivity index (χ3v) is 4.90. The van der Waals surface area contributed by atoms with Gasteiger partial charge in [-0.25, -0.2) is 5.43 Å². The highest BCUT2D eigenvalue weighted by Crippen LogP contribution is 2.28. The van der Waals surface area contributed by atoms with Gasteiger partial charge in [-0.2, -0.15) is 5.10 Å². The SMILES string of the molecule is CCOc1cc(C=NNC(=O)CCNC(=O)c2ccc(OC)cc2)ccc1OCc1ccccc1. The molecule has 2 N–H and O–H groups in total. The number of hydrazone groups is 1. The molecule has 182 valence electrons. The smallest absolute Gasteiger partial charge is 0.251 e. The van der Waals surface area contributed by atoms with Gasteiger partial charge in [-0.15, -0.1) is 0 Å². The number of methoxy groups -OCH3 is 1. The van der Waals surface area contributed by atoms with Crippen LogP contribution in [0.2, 0.25) is 0 Å². The summed E-state index contributed by atoms with van der Waals surface area (Å²) < 4.78 is 16.7. The van der Waals surface area contributed by atoms with E-state index in [2.05, 4.69) is 15.8 Å². The molecule has 35 heavy (non-hydrogen) atoms. The number of carbonyl (C=O) groups is 2. The first-order chi connectivity index (χ1) is 17.1. The maximum Gasteiger partial charge on any atom is 0.251 e. The van der Waals surface area contributed by atoms with Gasteiger partial charge in [-0.05, 0) is 60.5 Å². The Morgan fingerprint density at radius 2 is 1.71 bits per heavy atom. The van der Waals surface area contributed by atoms with Crippen molar-refractivity contribution in [1.29, 1.82) is 0 Å². The van der Waals surface area contributed by atoms with E-state index in [9.17, 15) is 9.59 Å². The second kappa shape index (κ2) is 13.4. The lowest BCUT2D eigenvalue weighted by atomic mass is 10.2. The fourth-order valence-electron chi connectivity index (χ4n) is 3.10. The van der Waals surface area contributed by atoms with E-state index in [1.54, 1.807) is 37.4 Å². The molecule has 8 nitrogen and oxygen atoms in total. The molecule has 0 aliphatic carbocycles. The molecule has 0 unspecified atom stereocenters. The van der Waals surface area contributed by atoms with Crippen molar-refractivity contribution in [1.82, 2.24) is 10.7 Å². The van der Waals surface area contributed by atoms with E-state index >= 15 is 0 Å². The molecule has 0 bridgehead atoms. The van der Waals surface area contributed by atoms with Crippen LogP contribution in [0.15, 0.2) is 77.9 Å². The lowest BCUT2D eigenvalue weighted by Crippen LogP contribution is -2.29. The van der Waals surface area contributed by atoms with E-state index in [1.165, 1.54) is 6.21 Å². The van der Waals surface area contributed by atoms with Gasteiger partial charge in [0.1, 0.15) is 12.4 Å². The van der Waals surface area contributed by atoms with E-state index in [4.69, 9.17) is 14.2 Å². The topological polar surface area (TPSA) is 98.2 Å². The van der Waals surface area contributed by atoms with Crippen LogP contribution in [0.5, 0.6) is 17.2 Å². The van der Waals surface area contributed by atoms with Crippen molar-refractivity contribution in [2.45, 2.75) is 20.0 Å². The standard InChI is InChI=1S/C27H29N3O5/c1-3-34-25-17-21(9-14-24(25)35-19-20-7-5-4-6-8-20)18-29-30-26(31)15-16-28-27(32)22-10-12-23(33-2)13-11-22/h4-14,17-18H,3,15-16,19H2,1-2H3,(H,28,32)(H,30,31). The van der Waals surface area contributed by atoms with Crippen molar-refractivity contribution < 1.29 is 23.8 Å². The fraction of sp³-hybridized carbons (Fsp3) is 0.222. The van der Waals surface area contributed by atoms with Crippen molar-refractivity contribution >= 4 is 18.0 Å². The van der Waals surface area contributed by atoms with Crippen LogP contribution in [0.25, 0.3) is 0 Å². The van der Waals surface area contributed by atoms with Gasteiger partial charge < -0.3 is 19.5 Å². The van der Waals surface area contributed by atoms with Gasteiger partial charge in [0.05, 0.1) is 19.9 Å². The predicted octanol–water partition coefficient (Wildman–Crippen LogP) is 3.94. The quantitative estimate of drug-likeness (QED) is 0.305. The van der Waals surface area contributed by atoms with Crippen LogP contribution in [0, 0.1) is 0 Å². The van der Waals surface area contributed by atoms with E-state index in [1.807, 2.05) is 49.4 Å². The summed E-state index contributed by atoms with van der Waals surface area (Å²) in [7, 11) is 1.56. The first-order valence-corrected chi connectivity index (χ1v) is 11.3. The Kier molecular flexibility index (Phi) is 9.68. The molecule has 0 heterocycles. The Balaban J connectivity index is 1.46. The zero-order valence-electron chi connectivity index (χ0n) is 19.8. The molecule has 0 aliphatic rings. The highest BCUT2D eigenvalue weighted by atomic mass is 16.5. The van der Waals surface area contributed by atoms with Gasteiger partial charge in [0.2, 0.25) is 5.91 Å². The molecule has 0 aliphatic heterocycles. The Bertz CT molecular complexity index is 1130. The normalized spacial score (nSPS) is 10.6. The van der Waals surface area contributed by atoms with E-state index < -0.39 is 0 Å². The van der Waals surface area contributed by atoms with Crippen molar-refractivity contribution in [3.63, 3.8) is 0 Å². The van der Waals surface area contributed by atoms with Gasteiger partial charge >= 0.3 is 0 Å². The van der Waals surface area contributed by atoms with Crippen LogP contribution >= 0.6 is 0 Å². The summed E-state index contributed by atoms with van der Waals surface area (Å²) in [6, 6.07) is 22.0. The number of hydrogen-bond donors (Lipinski definition) is 2. The average Bonchev–Trinajstić information content (AvgIpc) is 2.89. The molecule has 0 saturated carbocycles. The van der Waals surface area contributed by atoms with Crippen LogP contribution in [0.4, 0.5) is 0 Å². The zero-order valence-corrected chi connectivity index (χ0v) is 19.8. The van der Waals surface area contributed by atoms with Gasteiger partial charge in [0.15, 0.2) is 11.5 Å². The van der Waals surface area contributed by atoms with Crippen molar-refractivity contribution in [3.8, 4) is 17.2 Å². The summed E-state index contributed by atoms with van der Waals surface area (Å²) in [5.74, 6) is 1.32. The molecule has 3 aromatic rings. The van der Waals surface area contributed by atoms with Gasteiger partial charge in [-0.3, -0.25) is 9.59 Å². The lowest BCUT2D eigenvalue weighted by Gasteiger charge is -2.12. The molecule has 2 amide bonds. The van der Waals surface area contributed by atoms with Crippen LogP contribution in [0.1, 0.15) is 34.8 Å². The number of nitrogens with zero attached hydrogens (tertiary/aromatic N) is 1. The minimum absolute atomic E-state index is 0.0930. The van der Waals surface area contributed by atoms with E-state index in [0.717, 1.165) is 11.1 Å². The van der Waals surface area contributed by atoms with Gasteiger partial charge in [0, 0.05) is 18.5 Å². The number of amides is 2. The summed E-state index contributed by atoms with van der Waals surface area (Å²) in [5.41, 5.74) is 4.76. The molecule has 0 saturated heterocycles. The highest BCUT2D eigenvalue weighted by molar-refractivity contribution is 5.94. The van der Waals surface area contributed by atoms with Crippen LogP contribution in [-0.4, -0.2) is 38.3 Å². The fourth-order valence-corrected chi connectivity index (χ4v) is 3.10. The Hall–Kier alpha value is -4.33. The monoisotopic (exact) mass is 475 g/mol. The second-order valence-electron chi connectivity index (χ2n) is 7.44. The summed E-state index contributed by atoms with van der Waals surface area (Å²) in [5, 5.41) is 6.70. The second-order valence-corrected chi connectivity index (χ2v) is 7.44. The van der Waals surface area contributed by atoms with Crippen molar-refractivity contribution in [3.05, 3.63) is 89.5 Å². The molecule has 0 aromatic heterocycles. The first-order valence-electron chi connectivity index (χ1n) is 11.3. The van der Waals surface area contributed by atoms with Crippen LogP contribution in [-0.2, 0) is 11.4 Å². The zero-order chi connectivity index (χ0) is 24.9. The number of ether oxygens (including phenoxy) is 3. The Morgan fingerprint density at radius 1 is 0.943 bits per heavy atom. The summed E-state index contributed by atoms with van der Waals surface area (Å²) in [6.07, 6.45) is 1.62. The summed E-state index contributed by atoms with van der Waals surface area (Å²) in [4.78, 5) is 24.2. The molecule has 0 atom stereocenters. The van der Waals surface area contributed by atoms with Crippen molar-refractivity contribution in [2.24, 2.45) is 5.10 Å². The Morgan fingerprint density at radius 3 is 2.43 bits per heavy atom. The number of nitrogens with one attached hydrogen (secondary N) is 2. The molecular weight excluding hydrogens is 446 g/mol. The Labute approximate surface area is 204 Å². The summed E-state index contributed by atoms with van der Waals surface area (Å²) >= 11 is 0. The third kappa shape index (κ3) is 8.19. The number of benzene rings is 3. The van der Waals surface area contributed by atoms with E-state index in [0.29, 0.717) is 36.0 Å². The number of rotatable bonds is 12. The molecule has 0 radical (unpaired) electrons. The van der Waals surface area contributed by atoms with E-state index in [-0.39, 0.29) is 24.8 Å². The molecule has 3 rings (SSSR count). The number of carbonyl (C=O) groups excluding carboxylic acids is 2. The minimum Gasteiger partial charge on any atom is -0.497 e. The molecule has 8 heteroatoms. The van der Waals surface area contributed by atoms with Gasteiger partial charge in [0.25, 0.3) is 5.91 Å². The minimum atomic E-state index is -0.316. The van der Waals surface area contributed by atoms with Crippen LogP contribution in [0.3, 0.4) is 0 Å². The van der Waals surface area contributed by atoms with Crippen molar-refractivity contribution in [2.75, 3.05) is 20.3 Å². The average molecular weight is 476 g/mol. The maximum absolute atomic E-state index is 12.1. The summed E-state index contributed by atoms with van der Waals surface area (Å²) in [6.45, 7) is 3.00. The van der Waals surface area contributed by atoms with Crippen LogP contribution < -0.4 is 25.0 Å². The number of hydrogen-bond acceptors (Lipinski definition) is 6.